The largest absolute Gasteiger partial charge is 0.465 e. The van der Waals surface area contributed by atoms with Gasteiger partial charge in [0.15, 0.2) is 11.7 Å². The first-order chi connectivity index (χ1) is 25.6. The number of hydrogen-bond acceptors (Lipinski definition) is 8. The summed E-state index contributed by atoms with van der Waals surface area (Å²) in [5.41, 5.74) is -0.713. The first kappa shape index (κ1) is 41.5. The number of esters is 2. The number of benzene rings is 3. The van der Waals surface area contributed by atoms with Gasteiger partial charge in [-0.25, -0.2) is 0 Å². The van der Waals surface area contributed by atoms with Gasteiger partial charge in [0.05, 0.1) is 23.4 Å². The molecule has 0 saturated heterocycles. The Hall–Kier alpha value is -5.27. The van der Waals surface area contributed by atoms with Gasteiger partial charge in [-0.15, -0.1) is 0 Å². The summed E-state index contributed by atoms with van der Waals surface area (Å²) in [6.07, 6.45) is 1.03. The molecule has 0 spiro atoms. The highest BCUT2D eigenvalue weighted by molar-refractivity contribution is 6.11. The van der Waals surface area contributed by atoms with Gasteiger partial charge in [-0.05, 0) is 73.2 Å². The number of allylic oxidation sites excluding steroid dienone is 4. The number of ether oxygens (including phenoxy) is 3. The molecule has 54 heavy (non-hydrogen) atoms. The van der Waals surface area contributed by atoms with Gasteiger partial charge in [-0.2, -0.15) is 13.2 Å². The summed E-state index contributed by atoms with van der Waals surface area (Å²) < 4.78 is 56.0. The predicted octanol–water partition coefficient (Wildman–Crippen LogP) is 7.09. The number of anilines is 1. The molecular weight excluding hydrogens is 705 g/mol. The monoisotopic (exact) mass is 750 g/mol. The minimum Gasteiger partial charge on any atom is -0.465 e. The molecule has 1 aliphatic rings. The summed E-state index contributed by atoms with van der Waals surface area (Å²) in [6.45, 7) is 4.78. The summed E-state index contributed by atoms with van der Waals surface area (Å²) in [4.78, 5) is 54.9. The van der Waals surface area contributed by atoms with Gasteiger partial charge in [-0.1, -0.05) is 67.6 Å². The van der Waals surface area contributed by atoms with E-state index in [9.17, 15) is 37.5 Å². The molecular formula is C41H45F3N2O8. The van der Waals surface area contributed by atoms with Crippen LogP contribution < -0.4 is 5.32 Å². The van der Waals surface area contributed by atoms with E-state index in [0.29, 0.717) is 16.7 Å². The van der Waals surface area contributed by atoms with Crippen molar-refractivity contribution >= 4 is 29.4 Å². The Morgan fingerprint density at radius 1 is 0.889 bits per heavy atom. The molecule has 0 fully saturated rings. The molecule has 13 heteroatoms. The quantitative estimate of drug-likeness (QED) is 0.125. The highest BCUT2D eigenvalue weighted by atomic mass is 19.4. The Balaban J connectivity index is 1.54. The Morgan fingerprint density at radius 3 is 2.20 bits per heavy atom. The predicted molar refractivity (Wildman–Crippen MR) is 196 cm³/mol. The second kappa shape index (κ2) is 18.2. The van der Waals surface area contributed by atoms with E-state index in [-0.39, 0.29) is 48.8 Å². The van der Waals surface area contributed by atoms with Crippen molar-refractivity contribution in [2.24, 2.45) is 17.3 Å². The molecule has 3 aromatic carbocycles. The van der Waals surface area contributed by atoms with Crippen LogP contribution in [0.3, 0.4) is 0 Å². The van der Waals surface area contributed by atoms with Crippen LogP contribution in [0.25, 0.3) is 11.1 Å². The smallest absolute Gasteiger partial charge is 0.416 e. The van der Waals surface area contributed by atoms with Crippen molar-refractivity contribution in [2.75, 3.05) is 39.2 Å². The normalized spacial score (nSPS) is 16.9. The van der Waals surface area contributed by atoms with Crippen molar-refractivity contribution in [2.45, 2.75) is 46.1 Å². The van der Waals surface area contributed by atoms with Gasteiger partial charge in [0.25, 0.3) is 11.8 Å². The molecule has 4 rings (SSSR count). The van der Waals surface area contributed by atoms with Crippen LogP contribution in [0.2, 0.25) is 0 Å². The third kappa shape index (κ3) is 9.63. The van der Waals surface area contributed by atoms with Gasteiger partial charge < -0.3 is 29.5 Å². The Bertz CT molecular complexity index is 1870. The first-order valence-electron chi connectivity index (χ1n) is 17.5. The zero-order valence-electron chi connectivity index (χ0n) is 30.8. The molecule has 0 aliphatic heterocycles. The molecule has 288 valence electrons. The van der Waals surface area contributed by atoms with E-state index in [0.717, 1.165) is 12.1 Å². The van der Waals surface area contributed by atoms with E-state index in [1.807, 2.05) is 19.1 Å². The minimum atomic E-state index is -4.51. The maximum Gasteiger partial charge on any atom is 0.416 e. The van der Waals surface area contributed by atoms with E-state index in [2.05, 4.69) is 5.32 Å². The maximum atomic E-state index is 13.6. The molecule has 1 aliphatic carbocycles. The molecule has 0 saturated carbocycles. The highest BCUT2D eigenvalue weighted by Gasteiger charge is 2.55. The fourth-order valence-corrected chi connectivity index (χ4v) is 6.31. The zero-order chi connectivity index (χ0) is 39.6. The SMILES string of the molecule is CCOC(=O)C(COC(=O)CCc1ccc(NC(=O)c2ccccc2-c2ccc(C(F)(F)F)cc2)c(C(=O)N(C)C)c1)(C(O)OCC)C1C=CC=CC1C. The number of hydrogen-bond donors (Lipinski definition) is 2. The van der Waals surface area contributed by atoms with Crippen LogP contribution in [-0.2, 0) is 36.4 Å². The van der Waals surface area contributed by atoms with Crippen LogP contribution in [-0.4, -0.2) is 74.0 Å². The van der Waals surface area contributed by atoms with Crippen LogP contribution in [0.4, 0.5) is 18.9 Å². The van der Waals surface area contributed by atoms with E-state index < -0.39 is 59.7 Å². The number of nitrogens with one attached hydrogen (secondary N) is 1. The second-order valence-electron chi connectivity index (χ2n) is 13.0. The number of rotatable bonds is 15. The summed E-state index contributed by atoms with van der Waals surface area (Å²) in [5, 5.41) is 13.9. The van der Waals surface area contributed by atoms with Crippen molar-refractivity contribution in [3.63, 3.8) is 0 Å². The Kier molecular flexibility index (Phi) is 14.0. The molecule has 10 nitrogen and oxygen atoms in total. The molecule has 4 atom stereocenters. The number of aliphatic hydroxyl groups is 1. The van der Waals surface area contributed by atoms with Crippen LogP contribution in [0.15, 0.2) is 91.0 Å². The molecule has 0 heterocycles. The summed E-state index contributed by atoms with van der Waals surface area (Å²) in [6, 6.07) is 15.6. The van der Waals surface area contributed by atoms with Gasteiger partial charge in [0, 0.05) is 38.6 Å². The average molecular weight is 751 g/mol. The highest BCUT2D eigenvalue weighted by Crippen LogP contribution is 2.42. The number of nitrogens with zero attached hydrogens (tertiary/aromatic N) is 1. The summed E-state index contributed by atoms with van der Waals surface area (Å²) >= 11 is 0. The lowest BCUT2D eigenvalue weighted by molar-refractivity contribution is -0.223. The molecule has 2 N–H and O–H groups in total. The van der Waals surface area contributed by atoms with Gasteiger partial charge in [0.1, 0.15) is 6.61 Å². The summed E-state index contributed by atoms with van der Waals surface area (Å²) in [5.74, 6) is -3.29. The lowest BCUT2D eigenvalue weighted by Crippen LogP contribution is -2.55. The lowest BCUT2D eigenvalue weighted by Gasteiger charge is -2.42. The molecule has 0 radical (unpaired) electrons. The van der Waals surface area contributed by atoms with Crippen LogP contribution in [0.5, 0.6) is 0 Å². The fraction of sp³-hybridized carbons (Fsp3) is 0.366. The Labute approximate surface area is 312 Å². The standard InChI is InChI=1S/C41H45F3N2O8/c1-6-52-38(50)40(39(51)53-7-2,33-15-11-8-12-26(33)3)25-54-35(47)23-17-27-16-22-34(32(24-27)37(49)46(4)5)45-36(48)31-14-10-9-13-30(31)28-18-20-29(21-19-28)41(42,43)44/h8-16,18-22,24,26,33,38,50H,6-7,17,23,25H2,1-5H3,(H,45,48). The number of alkyl halides is 3. The zero-order valence-corrected chi connectivity index (χ0v) is 30.8. The molecule has 0 bridgehead atoms. The fourth-order valence-electron chi connectivity index (χ4n) is 6.31. The van der Waals surface area contributed by atoms with Crippen LogP contribution in [0, 0.1) is 17.3 Å². The van der Waals surface area contributed by atoms with Gasteiger partial charge >= 0.3 is 18.1 Å². The number of aliphatic hydroxyl groups excluding tert-OH is 1. The van der Waals surface area contributed by atoms with E-state index in [1.54, 1.807) is 70.4 Å². The summed E-state index contributed by atoms with van der Waals surface area (Å²) in [7, 11) is 3.09. The number of amides is 2. The number of carbonyl (C=O) groups excluding carboxylic acids is 4. The average Bonchev–Trinajstić information content (AvgIpc) is 3.14. The lowest BCUT2D eigenvalue weighted by atomic mass is 9.68. The van der Waals surface area contributed by atoms with Crippen molar-refractivity contribution in [1.82, 2.24) is 4.90 Å². The molecule has 0 aromatic heterocycles. The third-order valence-electron chi connectivity index (χ3n) is 9.18. The van der Waals surface area contributed by atoms with Crippen LogP contribution in [0.1, 0.15) is 59.0 Å². The van der Waals surface area contributed by atoms with E-state index in [1.165, 1.54) is 29.2 Å². The van der Waals surface area contributed by atoms with Crippen molar-refractivity contribution < 1.29 is 51.7 Å². The van der Waals surface area contributed by atoms with Crippen LogP contribution >= 0.6 is 0 Å². The first-order valence-corrected chi connectivity index (χ1v) is 17.5. The topological polar surface area (TPSA) is 131 Å². The number of aryl methyl sites for hydroxylation is 1. The van der Waals surface area contributed by atoms with Gasteiger partial charge in [0.2, 0.25) is 0 Å². The molecule has 4 unspecified atom stereocenters. The molecule has 3 aromatic rings. The third-order valence-corrected chi connectivity index (χ3v) is 9.18. The number of carbonyl (C=O) groups is 4. The van der Waals surface area contributed by atoms with Gasteiger partial charge in [-0.3, -0.25) is 19.2 Å². The van der Waals surface area contributed by atoms with E-state index in [4.69, 9.17) is 14.2 Å². The Morgan fingerprint density at radius 2 is 1.57 bits per heavy atom. The van der Waals surface area contributed by atoms with E-state index >= 15 is 0 Å². The minimum absolute atomic E-state index is 0.0319. The molecule has 2 amide bonds. The maximum absolute atomic E-state index is 13.6. The number of halogens is 3. The van der Waals surface area contributed by atoms with Crippen molar-refractivity contribution in [1.29, 1.82) is 0 Å². The van der Waals surface area contributed by atoms with Crippen molar-refractivity contribution in [3.05, 3.63) is 113 Å². The van der Waals surface area contributed by atoms with Crippen molar-refractivity contribution in [3.8, 4) is 11.1 Å². The second-order valence-corrected chi connectivity index (χ2v) is 13.0.